The standard InChI is InChI=1S/C17H23NS2/c1-2-18-15(17-9-5-6-10-19-17)11-13-12-20-16-8-4-3-7-14(13)16/h3-4,7-8,12,15,17-18H,2,5-6,9-11H2,1H3. The fourth-order valence-corrected chi connectivity index (χ4v) is 5.52. The van der Waals surface area contributed by atoms with Gasteiger partial charge in [-0.3, -0.25) is 0 Å². The van der Waals surface area contributed by atoms with E-state index in [1.54, 1.807) is 0 Å². The topological polar surface area (TPSA) is 12.0 Å². The third kappa shape index (κ3) is 3.21. The first-order valence-electron chi connectivity index (χ1n) is 7.68. The smallest absolute Gasteiger partial charge is 0.0345 e. The lowest BCUT2D eigenvalue weighted by Gasteiger charge is -2.30. The maximum atomic E-state index is 3.74. The number of rotatable bonds is 5. The molecule has 1 saturated heterocycles. The zero-order valence-electron chi connectivity index (χ0n) is 12.1. The third-order valence-electron chi connectivity index (χ3n) is 4.13. The van der Waals surface area contributed by atoms with Crippen molar-refractivity contribution in [2.24, 2.45) is 0 Å². The summed E-state index contributed by atoms with van der Waals surface area (Å²) in [5.74, 6) is 1.34. The Morgan fingerprint density at radius 2 is 2.20 bits per heavy atom. The summed E-state index contributed by atoms with van der Waals surface area (Å²) in [5.41, 5.74) is 1.53. The Morgan fingerprint density at radius 3 is 3.00 bits per heavy atom. The molecule has 1 N–H and O–H groups in total. The summed E-state index contributed by atoms with van der Waals surface area (Å²) in [6.07, 6.45) is 5.37. The number of hydrogen-bond acceptors (Lipinski definition) is 3. The van der Waals surface area contributed by atoms with Gasteiger partial charge in [-0.15, -0.1) is 11.3 Å². The van der Waals surface area contributed by atoms with Gasteiger partial charge in [-0.2, -0.15) is 11.8 Å². The first-order chi connectivity index (χ1) is 9.88. The van der Waals surface area contributed by atoms with Gasteiger partial charge in [0, 0.05) is 16.0 Å². The fraction of sp³-hybridized carbons (Fsp3) is 0.529. The highest BCUT2D eigenvalue weighted by Gasteiger charge is 2.24. The highest BCUT2D eigenvalue weighted by molar-refractivity contribution is 8.00. The maximum Gasteiger partial charge on any atom is 0.0345 e. The first kappa shape index (κ1) is 14.4. The molecule has 1 aliphatic rings. The van der Waals surface area contributed by atoms with Gasteiger partial charge in [0.2, 0.25) is 0 Å². The normalized spacial score (nSPS) is 21.1. The van der Waals surface area contributed by atoms with Crippen LogP contribution in [-0.2, 0) is 6.42 Å². The molecule has 108 valence electrons. The van der Waals surface area contributed by atoms with Crippen LogP contribution >= 0.6 is 23.1 Å². The van der Waals surface area contributed by atoms with Crippen molar-refractivity contribution >= 4 is 33.2 Å². The largest absolute Gasteiger partial charge is 0.313 e. The van der Waals surface area contributed by atoms with Crippen LogP contribution in [0.3, 0.4) is 0 Å². The molecule has 1 aliphatic heterocycles. The van der Waals surface area contributed by atoms with Gasteiger partial charge < -0.3 is 5.32 Å². The molecule has 1 nitrogen and oxygen atoms in total. The van der Waals surface area contributed by atoms with Gasteiger partial charge in [0.05, 0.1) is 0 Å². The van der Waals surface area contributed by atoms with Crippen LogP contribution in [-0.4, -0.2) is 23.6 Å². The van der Waals surface area contributed by atoms with Crippen LogP contribution in [0.15, 0.2) is 29.6 Å². The molecule has 0 spiro atoms. The van der Waals surface area contributed by atoms with Crippen molar-refractivity contribution in [3.05, 3.63) is 35.2 Å². The Bertz CT molecular complexity index is 543. The summed E-state index contributed by atoms with van der Waals surface area (Å²) >= 11 is 4.07. The van der Waals surface area contributed by atoms with E-state index in [1.165, 1.54) is 47.1 Å². The Balaban J connectivity index is 1.78. The number of likely N-dealkylation sites (N-methyl/N-ethyl adjacent to an activating group) is 1. The maximum absolute atomic E-state index is 3.74. The second-order valence-electron chi connectivity index (χ2n) is 5.53. The van der Waals surface area contributed by atoms with E-state index in [2.05, 4.69) is 53.6 Å². The van der Waals surface area contributed by atoms with E-state index in [0.29, 0.717) is 6.04 Å². The Labute approximate surface area is 130 Å². The Hall–Kier alpha value is -0.510. The number of hydrogen-bond donors (Lipinski definition) is 1. The van der Waals surface area contributed by atoms with E-state index in [9.17, 15) is 0 Å². The molecule has 0 amide bonds. The average molecular weight is 306 g/mol. The predicted octanol–water partition coefficient (Wildman–Crippen LogP) is 4.71. The van der Waals surface area contributed by atoms with Crippen molar-refractivity contribution in [3.8, 4) is 0 Å². The highest BCUT2D eigenvalue weighted by Crippen LogP contribution is 2.32. The van der Waals surface area contributed by atoms with Crippen LogP contribution in [0, 0.1) is 0 Å². The molecule has 3 rings (SSSR count). The second kappa shape index (κ2) is 6.97. The molecule has 0 radical (unpaired) electrons. The van der Waals surface area contributed by atoms with E-state index in [-0.39, 0.29) is 0 Å². The van der Waals surface area contributed by atoms with Crippen LogP contribution in [0.25, 0.3) is 10.1 Å². The van der Waals surface area contributed by atoms with Gasteiger partial charge in [-0.1, -0.05) is 31.5 Å². The molecule has 1 aromatic carbocycles. The number of thiophene rings is 1. The van der Waals surface area contributed by atoms with Gasteiger partial charge in [0.1, 0.15) is 0 Å². The molecular weight excluding hydrogens is 282 g/mol. The molecule has 2 atom stereocenters. The van der Waals surface area contributed by atoms with Crippen LogP contribution in [0.1, 0.15) is 31.7 Å². The molecule has 2 aromatic rings. The minimum Gasteiger partial charge on any atom is -0.313 e. The predicted molar refractivity (Wildman–Crippen MR) is 93.1 cm³/mol. The summed E-state index contributed by atoms with van der Waals surface area (Å²) in [5, 5.41) is 8.36. The minimum atomic E-state index is 0.628. The average Bonchev–Trinajstić information content (AvgIpc) is 2.91. The van der Waals surface area contributed by atoms with Gasteiger partial charge in [-0.25, -0.2) is 0 Å². The fourth-order valence-electron chi connectivity index (χ4n) is 3.11. The quantitative estimate of drug-likeness (QED) is 0.858. The number of thioether (sulfide) groups is 1. The molecule has 0 saturated carbocycles. The van der Waals surface area contributed by atoms with Crippen LogP contribution in [0.2, 0.25) is 0 Å². The molecule has 1 aromatic heterocycles. The lowest BCUT2D eigenvalue weighted by atomic mass is 9.99. The zero-order valence-corrected chi connectivity index (χ0v) is 13.7. The van der Waals surface area contributed by atoms with E-state index in [4.69, 9.17) is 0 Å². The first-order valence-corrected chi connectivity index (χ1v) is 9.61. The molecular formula is C17H23NS2. The molecule has 2 unspecified atom stereocenters. The van der Waals surface area contributed by atoms with Crippen molar-refractivity contribution in [1.29, 1.82) is 0 Å². The molecule has 1 fully saturated rings. The highest BCUT2D eigenvalue weighted by atomic mass is 32.2. The molecule has 0 bridgehead atoms. The monoisotopic (exact) mass is 305 g/mol. The summed E-state index contributed by atoms with van der Waals surface area (Å²) in [7, 11) is 0. The van der Waals surface area contributed by atoms with Crippen LogP contribution in [0.5, 0.6) is 0 Å². The number of fused-ring (bicyclic) bond motifs is 1. The van der Waals surface area contributed by atoms with Crippen LogP contribution in [0.4, 0.5) is 0 Å². The number of nitrogens with one attached hydrogen (secondary N) is 1. The van der Waals surface area contributed by atoms with Gasteiger partial charge in [0.15, 0.2) is 0 Å². The van der Waals surface area contributed by atoms with E-state index < -0.39 is 0 Å². The summed E-state index contributed by atoms with van der Waals surface area (Å²) < 4.78 is 1.43. The summed E-state index contributed by atoms with van der Waals surface area (Å²) in [6, 6.07) is 9.44. The second-order valence-corrected chi connectivity index (χ2v) is 7.79. The van der Waals surface area contributed by atoms with Crippen molar-refractivity contribution < 1.29 is 0 Å². The number of benzene rings is 1. The van der Waals surface area contributed by atoms with Gasteiger partial charge >= 0.3 is 0 Å². The SMILES string of the molecule is CCNC(Cc1csc2ccccc12)C1CCCCS1. The molecule has 3 heteroatoms. The lowest BCUT2D eigenvalue weighted by molar-refractivity contribution is 0.473. The molecule has 2 heterocycles. The van der Waals surface area contributed by atoms with E-state index in [1.807, 2.05) is 11.3 Å². The van der Waals surface area contributed by atoms with E-state index in [0.717, 1.165) is 11.8 Å². The summed E-state index contributed by atoms with van der Waals surface area (Å²) in [4.78, 5) is 0. The van der Waals surface area contributed by atoms with Gasteiger partial charge in [-0.05, 0) is 54.0 Å². The van der Waals surface area contributed by atoms with Crippen LogP contribution < -0.4 is 5.32 Å². The third-order valence-corrected chi connectivity index (χ3v) is 6.66. The van der Waals surface area contributed by atoms with Crippen molar-refractivity contribution in [2.75, 3.05) is 12.3 Å². The molecule has 20 heavy (non-hydrogen) atoms. The van der Waals surface area contributed by atoms with Gasteiger partial charge in [0.25, 0.3) is 0 Å². The Kier molecular flexibility index (Phi) is 5.03. The molecule has 0 aliphatic carbocycles. The Morgan fingerprint density at radius 1 is 1.30 bits per heavy atom. The lowest BCUT2D eigenvalue weighted by Crippen LogP contribution is -2.41. The summed E-state index contributed by atoms with van der Waals surface area (Å²) in [6.45, 7) is 3.30. The zero-order chi connectivity index (χ0) is 13.8. The minimum absolute atomic E-state index is 0.628. The van der Waals surface area contributed by atoms with Crippen molar-refractivity contribution in [3.63, 3.8) is 0 Å². The van der Waals surface area contributed by atoms with E-state index >= 15 is 0 Å². The van der Waals surface area contributed by atoms with Crippen molar-refractivity contribution in [2.45, 2.75) is 43.9 Å². The van der Waals surface area contributed by atoms with Crippen molar-refractivity contribution in [1.82, 2.24) is 5.32 Å².